The molecule has 1 aliphatic rings. The molecule has 1 unspecified atom stereocenters. The Balaban J connectivity index is 0.00000364. The van der Waals surface area contributed by atoms with Crippen LogP contribution in [-0.2, 0) is 16.1 Å². The molecule has 2 rings (SSSR count). The van der Waals surface area contributed by atoms with Gasteiger partial charge >= 0.3 is 0 Å². The van der Waals surface area contributed by atoms with Gasteiger partial charge < -0.3 is 20.7 Å². The molecule has 1 aliphatic heterocycles. The minimum atomic E-state index is -0.467. The summed E-state index contributed by atoms with van der Waals surface area (Å²) in [7, 11) is 1.64. The number of halogens is 1. The summed E-state index contributed by atoms with van der Waals surface area (Å²) >= 11 is 0. The predicted molar refractivity (Wildman–Crippen MR) is 109 cm³/mol. The van der Waals surface area contributed by atoms with Gasteiger partial charge in [-0.05, 0) is 57.0 Å². The van der Waals surface area contributed by atoms with Gasteiger partial charge in [0.15, 0.2) is 0 Å². The quantitative estimate of drug-likeness (QED) is 0.628. The molecule has 1 atom stereocenters. The number of amides is 2. The minimum Gasteiger partial charge on any atom is -0.384 e. The first kappa shape index (κ1) is 23.4. The summed E-state index contributed by atoms with van der Waals surface area (Å²) in [6.45, 7) is 6.49. The van der Waals surface area contributed by atoms with Crippen molar-refractivity contribution in [2.24, 2.45) is 5.41 Å². The van der Waals surface area contributed by atoms with E-state index in [0.717, 1.165) is 37.9 Å². The van der Waals surface area contributed by atoms with Gasteiger partial charge in [-0.25, -0.2) is 0 Å². The SMILES string of the molecule is CCC(C)NC(=O)c1cccc(CNC(=O)C2(COC)CCNCC2)c1.Cl. The van der Waals surface area contributed by atoms with E-state index in [1.165, 1.54) is 0 Å². The molecule has 1 aromatic rings. The second-order valence-corrected chi connectivity index (χ2v) is 7.13. The van der Waals surface area contributed by atoms with Gasteiger partial charge in [0.2, 0.25) is 5.91 Å². The molecule has 152 valence electrons. The maximum atomic E-state index is 12.8. The Bertz CT molecular complexity index is 613. The maximum Gasteiger partial charge on any atom is 0.251 e. The third kappa shape index (κ3) is 6.48. The number of ether oxygens (including phenoxy) is 1. The van der Waals surface area contributed by atoms with Crippen LogP contribution in [0.4, 0.5) is 0 Å². The molecule has 0 aromatic heterocycles. The van der Waals surface area contributed by atoms with Gasteiger partial charge in [0.05, 0.1) is 12.0 Å². The van der Waals surface area contributed by atoms with Crippen molar-refractivity contribution < 1.29 is 14.3 Å². The molecule has 0 bridgehead atoms. The van der Waals surface area contributed by atoms with Crippen molar-refractivity contribution in [3.63, 3.8) is 0 Å². The zero-order chi connectivity index (χ0) is 19.0. The summed E-state index contributed by atoms with van der Waals surface area (Å²) in [6.07, 6.45) is 2.42. The van der Waals surface area contributed by atoms with Crippen LogP contribution in [0.1, 0.15) is 49.0 Å². The van der Waals surface area contributed by atoms with Crippen LogP contribution >= 0.6 is 12.4 Å². The number of methoxy groups -OCH3 is 1. The molecule has 27 heavy (non-hydrogen) atoms. The number of carbonyl (C=O) groups excluding carboxylic acids is 2. The Hall–Kier alpha value is -1.63. The molecule has 3 N–H and O–H groups in total. The highest BCUT2D eigenvalue weighted by Gasteiger charge is 2.39. The highest BCUT2D eigenvalue weighted by molar-refractivity contribution is 5.94. The van der Waals surface area contributed by atoms with Crippen LogP contribution in [0, 0.1) is 5.41 Å². The average Bonchev–Trinajstić information content (AvgIpc) is 2.67. The largest absolute Gasteiger partial charge is 0.384 e. The number of nitrogens with one attached hydrogen (secondary N) is 3. The number of piperidine rings is 1. The summed E-state index contributed by atoms with van der Waals surface area (Å²) < 4.78 is 5.31. The van der Waals surface area contributed by atoms with E-state index in [2.05, 4.69) is 16.0 Å². The first-order valence-electron chi connectivity index (χ1n) is 9.38. The summed E-state index contributed by atoms with van der Waals surface area (Å²) in [5.41, 5.74) is 1.06. The van der Waals surface area contributed by atoms with Crippen molar-refractivity contribution >= 4 is 24.2 Å². The lowest BCUT2D eigenvalue weighted by Gasteiger charge is -2.35. The Kier molecular flexibility index (Phi) is 9.77. The molecular formula is C20H32ClN3O3. The monoisotopic (exact) mass is 397 g/mol. The molecule has 1 aromatic carbocycles. The number of benzene rings is 1. The van der Waals surface area contributed by atoms with E-state index in [1.54, 1.807) is 13.2 Å². The van der Waals surface area contributed by atoms with Crippen molar-refractivity contribution in [3.05, 3.63) is 35.4 Å². The maximum absolute atomic E-state index is 12.8. The number of rotatable bonds is 8. The van der Waals surface area contributed by atoms with Gasteiger partial charge in [0.1, 0.15) is 0 Å². The molecule has 1 saturated heterocycles. The smallest absolute Gasteiger partial charge is 0.251 e. The highest BCUT2D eigenvalue weighted by Crippen LogP contribution is 2.29. The van der Waals surface area contributed by atoms with E-state index in [0.29, 0.717) is 18.7 Å². The van der Waals surface area contributed by atoms with Crippen LogP contribution in [-0.4, -0.2) is 44.7 Å². The lowest BCUT2D eigenvalue weighted by atomic mass is 9.78. The van der Waals surface area contributed by atoms with Gasteiger partial charge in [-0.1, -0.05) is 19.1 Å². The first-order valence-corrected chi connectivity index (χ1v) is 9.38. The fourth-order valence-corrected chi connectivity index (χ4v) is 3.22. The molecule has 0 saturated carbocycles. The fraction of sp³-hybridized carbons (Fsp3) is 0.600. The minimum absolute atomic E-state index is 0. The van der Waals surface area contributed by atoms with E-state index in [-0.39, 0.29) is 30.3 Å². The van der Waals surface area contributed by atoms with E-state index >= 15 is 0 Å². The van der Waals surface area contributed by atoms with Gasteiger partial charge in [-0.15, -0.1) is 12.4 Å². The summed E-state index contributed by atoms with van der Waals surface area (Å²) in [4.78, 5) is 25.1. The van der Waals surface area contributed by atoms with Crippen molar-refractivity contribution in [3.8, 4) is 0 Å². The summed E-state index contributed by atoms with van der Waals surface area (Å²) in [5, 5.41) is 9.28. The zero-order valence-corrected chi connectivity index (χ0v) is 17.3. The van der Waals surface area contributed by atoms with Gasteiger partial charge in [-0.3, -0.25) is 9.59 Å². The van der Waals surface area contributed by atoms with Crippen molar-refractivity contribution in [1.29, 1.82) is 0 Å². The van der Waals surface area contributed by atoms with E-state index in [4.69, 9.17) is 4.74 Å². The molecule has 2 amide bonds. The molecule has 7 heteroatoms. The van der Waals surface area contributed by atoms with E-state index in [9.17, 15) is 9.59 Å². The topological polar surface area (TPSA) is 79.5 Å². The number of hydrogen-bond donors (Lipinski definition) is 3. The Labute approximate surface area is 168 Å². The average molecular weight is 398 g/mol. The Morgan fingerprint density at radius 3 is 2.63 bits per heavy atom. The second kappa shape index (κ2) is 11.3. The highest BCUT2D eigenvalue weighted by atomic mass is 35.5. The predicted octanol–water partition coefficient (Wildman–Crippen LogP) is 2.27. The number of carbonyl (C=O) groups is 2. The summed E-state index contributed by atoms with van der Waals surface area (Å²) in [6, 6.07) is 7.54. The fourth-order valence-electron chi connectivity index (χ4n) is 3.22. The Morgan fingerprint density at radius 2 is 2.00 bits per heavy atom. The van der Waals surface area contributed by atoms with E-state index in [1.807, 2.05) is 32.0 Å². The molecule has 6 nitrogen and oxygen atoms in total. The van der Waals surface area contributed by atoms with Gasteiger partial charge in [-0.2, -0.15) is 0 Å². The second-order valence-electron chi connectivity index (χ2n) is 7.13. The molecule has 1 fully saturated rings. The zero-order valence-electron chi connectivity index (χ0n) is 16.5. The van der Waals surface area contributed by atoms with Crippen LogP contribution in [0.25, 0.3) is 0 Å². The van der Waals surface area contributed by atoms with Crippen LogP contribution < -0.4 is 16.0 Å². The first-order chi connectivity index (χ1) is 12.5. The Morgan fingerprint density at radius 1 is 1.30 bits per heavy atom. The molecule has 0 aliphatic carbocycles. The molecule has 1 heterocycles. The summed E-state index contributed by atoms with van der Waals surface area (Å²) in [5.74, 6) is -0.0583. The lowest BCUT2D eigenvalue weighted by Crippen LogP contribution is -2.49. The van der Waals surface area contributed by atoms with Gasteiger partial charge in [0.25, 0.3) is 5.91 Å². The van der Waals surface area contributed by atoms with Gasteiger partial charge in [0, 0.05) is 25.3 Å². The normalized spacial score (nSPS) is 16.7. The lowest BCUT2D eigenvalue weighted by molar-refractivity contribution is -0.136. The number of hydrogen-bond acceptors (Lipinski definition) is 4. The van der Waals surface area contributed by atoms with Crippen molar-refractivity contribution in [1.82, 2.24) is 16.0 Å². The van der Waals surface area contributed by atoms with E-state index < -0.39 is 5.41 Å². The van der Waals surface area contributed by atoms with Crippen LogP contribution in [0.15, 0.2) is 24.3 Å². The van der Waals surface area contributed by atoms with Crippen LogP contribution in [0.2, 0.25) is 0 Å². The molecule has 0 radical (unpaired) electrons. The van der Waals surface area contributed by atoms with Crippen molar-refractivity contribution in [2.75, 3.05) is 26.8 Å². The molecule has 0 spiro atoms. The third-order valence-corrected chi connectivity index (χ3v) is 5.10. The van der Waals surface area contributed by atoms with Crippen molar-refractivity contribution in [2.45, 2.75) is 45.7 Å². The van der Waals surface area contributed by atoms with Crippen LogP contribution in [0.5, 0.6) is 0 Å². The standard InChI is InChI=1S/C20H31N3O3.ClH/c1-4-15(2)23-18(24)17-7-5-6-16(12-17)13-22-19(25)20(14-26-3)8-10-21-11-9-20;/h5-7,12,15,21H,4,8-11,13-14H2,1-3H3,(H,22,25)(H,23,24);1H. The molecular weight excluding hydrogens is 366 g/mol. The third-order valence-electron chi connectivity index (χ3n) is 5.10. The van der Waals surface area contributed by atoms with Crippen LogP contribution in [0.3, 0.4) is 0 Å².